The lowest BCUT2D eigenvalue weighted by atomic mass is 9.33. The molecule has 5 rings (SSSR count). The molecule has 0 bridgehead atoms. The van der Waals surface area contributed by atoms with Crippen molar-refractivity contribution in [1.29, 1.82) is 0 Å². The minimum absolute atomic E-state index is 0.0255. The summed E-state index contributed by atoms with van der Waals surface area (Å²) in [6.45, 7) is 16.2. The Morgan fingerprint density at radius 2 is 1.62 bits per heavy atom. The van der Waals surface area contributed by atoms with Gasteiger partial charge in [0.05, 0.1) is 30.8 Å². The molecule has 0 amide bonds. The molecule has 0 radical (unpaired) electrons. The fraction of sp³-hybridized carbons (Fsp3) is 0.857. The molecule has 4 unspecified atom stereocenters. The molecule has 4 saturated carbocycles. The van der Waals surface area contributed by atoms with E-state index >= 15 is 0 Å². The summed E-state index contributed by atoms with van der Waals surface area (Å²) in [5.74, 6) is -0.241. The van der Waals surface area contributed by atoms with E-state index in [2.05, 4.69) is 33.8 Å². The Hall–Kier alpha value is -1.25. The summed E-state index contributed by atoms with van der Waals surface area (Å²) in [5, 5.41) is 56.6. The summed E-state index contributed by atoms with van der Waals surface area (Å²) >= 11 is 0. The Morgan fingerprint density at radius 3 is 2.21 bits per heavy atom. The average molecular weight is 589 g/mol. The molecule has 0 aliphatic heterocycles. The molecular formula is C35H56O7. The van der Waals surface area contributed by atoms with E-state index in [0.717, 1.165) is 25.7 Å². The monoisotopic (exact) mass is 588 g/mol. The van der Waals surface area contributed by atoms with Gasteiger partial charge < -0.3 is 30.3 Å². The molecule has 5 N–H and O–H groups in total. The molecule has 0 aromatic carbocycles. The molecule has 42 heavy (non-hydrogen) atoms. The number of fused-ring (bicyclic) bond motifs is 7. The number of esters is 1. The quantitative estimate of drug-likeness (QED) is 0.185. The summed E-state index contributed by atoms with van der Waals surface area (Å²) in [7, 11) is 0. The fourth-order valence-electron chi connectivity index (χ4n) is 11.5. The van der Waals surface area contributed by atoms with E-state index in [1.165, 1.54) is 5.57 Å². The van der Waals surface area contributed by atoms with E-state index < -0.39 is 53.2 Å². The molecule has 5 aliphatic carbocycles. The Balaban J connectivity index is 1.58. The molecule has 7 nitrogen and oxygen atoms in total. The third-order valence-electron chi connectivity index (χ3n) is 14.5. The summed E-state index contributed by atoms with van der Waals surface area (Å²) in [4.78, 5) is 12.9. The van der Waals surface area contributed by atoms with Gasteiger partial charge in [0, 0.05) is 16.4 Å². The lowest BCUT2D eigenvalue weighted by Gasteiger charge is -2.72. The van der Waals surface area contributed by atoms with Crippen LogP contribution in [-0.2, 0) is 9.53 Å². The highest BCUT2D eigenvalue weighted by Crippen LogP contribution is 2.75. The Bertz CT molecular complexity index is 1160. The number of carbonyl (C=O) groups excluding carboxylic acids is 1. The third kappa shape index (κ3) is 3.92. The standard InChI is InChI=1S/C35H56O7/c1-9-20(2)29(41)42-28-27(40)35(19-37)22(16-30(28,3)4)21-10-11-24-31(5)14-13-25(38)32(6,18-36)23(31)12-15-33(24,7)34(21,8)17-26(35)39/h9-10,22-28,36-40H,11-19H2,1-8H3/b20-9+/t22?,23?,24?,25-,26+,27-,28-,31-,32+,33+,34+,35?/m0/s1. The van der Waals surface area contributed by atoms with Crippen LogP contribution in [0.3, 0.4) is 0 Å². The van der Waals surface area contributed by atoms with Crippen LogP contribution in [0, 0.1) is 50.2 Å². The van der Waals surface area contributed by atoms with E-state index in [1.807, 2.05) is 13.8 Å². The van der Waals surface area contributed by atoms with Crippen LogP contribution in [0.4, 0.5) is 0 Å². The van der Waals surface area contributed by atoms with Crippen LogP contribution >= 0.6 is 0 Å². The number of hydrogen-bond donors (Lipinski definition) is 5. The summed E-state index contributed by atoms with van der Waals surface area (Å²) < 4.78 is 5.93. The van der Waals surface area contributed by atoms with Crippen molar-refractivity contribution in [3.05, 3.63) is 23.3 Å². The van der Waals surface area contributed by atoms with Crippen LogP contribution in [0.2, 0.25) is 0 Å². The predicted molar refractivity (Wildman–Crippen MR) is 161 cm³/mol. The Labute approximate surface area is 252 Å². The maximum Gasteiger partial charge on any atom is 0.333 e. The first-order valence-corrected chi connectivity index (χ1v) is 16.2. The normalized spacial score (nSPS) is 51.8. The molecule has 0 saturated heterocycles. The van der Waals surface area contributed by atoms with Crippen molar-refractivity contribution in [2.45, 2.75) is 125 Å². The van der Waals surface area contributed by atoms with Gasteiger partial charge in [-0.1, -0.05) is 59.3 Å². The van der Waals surface area contributed by atoms with Gasteiger partial charge in [-0.2, -0.15) is 0 Å². The van der Waals surface area contributed by atoms with Gasteiger partial charge in [-0.05, 0) is 92.8 Å². The molecule has 5 aliphatic rings. The van der Waals surface area contributed by atoms with Gasteiger partial charge in [-0.15, -0.1) is 0 Å². The van der Waals surface area contributed by atoms with E-state index in [9.17, 15) is 30.3 Å². The molecule has 0 aromatic heterocycles. The molecule has 0 heterocycles. The molecule has 238 valence electrons. The van der Waals surface area contributed by atoms with Crippen molar-refractivity contribution in [3.8, 4) is 0 Å². The SMILES string of the molecule is C/C=C(\C)C(=O)O[C@H]1[C@H](O)C2(CO)C(CC1(C)C)C1=CCC3[C@@]4(C)CC[C@H](O)[C@](C)(CO)C4CC[C@@]3(C)[C@]1(C)C[C@H]2O. The van der Waals surface area contributed by atoms with E-state index in [-0.39, 0.29) is 34.7 Å². The van der Waals surface area contributed by atoms with Crippen LogP contribution < -0.4 is 0 Å². The largest absolute Gasteiger partial charge is 0.456 e. The van der Waals surface area contributed by atoms with Crippen LogP contribution in [0.1, 0.15) is 100 Å². The molecule has 0 spiro atoms. The van der Waals surface area contributed by atoms with Crippen molar-refractivity contribution in [1.82, 2.24) is 0 Å². The number of hydrogen-bond acceptors (Lipinski definition) is 7. The molecule has 0 aromatic rings. The van der Waals surface area contributed by atoms with Gasteiger partial charge in [-0.3, -0.25) is 0 Å². The van der Waals surface area contributed by atoms with Crippen molar-refractivity contribution in [2.75, 3.05) is 13.2 Å². The van der Waals surface area contributed by atoms with Gasteiger partial charge in [0.15, 0.2) is 0 Å². The second kappa shape index (κ2) is 10.1. The number of aliphatic hydroxyl groups is 5. The highest BCUT2D eigenvalue weighted by atomic mass is 16.6. The first kappa shape index (κ1) is 32.2. The number of allylic oxidation sites excluding steroid dienone is 3. The lowest BCUT2D eigenvalue weighted by molar-refractivity contribution is -0.262. The highest BCUT2D eigenvalue weighted by Gasteiger charge is 2.72. The van der Waals surface area contributed by atoms with Crippen LogP contribution in [0.5, 0.6) is 0 Å². The van der Waals surface area contributed by atoms with Gasteiger partial charge in [0.2, 0.25) is 0 Å². The maximum atomic E-state index is 12.9. The Morgan fingerprint density at radius 1 is 0.952 bits per heavy atom. The summed E-state index contributed by atoms with van der Waals surface area (Å²) in [6.07, 6.45) is 5.72. The second-order valence-corrected chi connectivity index (χ2v) is 16.5. The van der Waals surface area contributed by atoms with Crippen LogP contribution in [-0.4, -0.2) is 69.1 Å². The first-order valence-electron chi connectivity index (χ1n) is 16.2. The number of ether oxygens (including phenoxy) is 1. The summed E-state index contributed by atoms with van der Waals surface area (Å²) in [6, 6.07) is 0. The predicted octanol–water partition coefficient (Wildman–Crippen LogP) is 4.54. The average Bonchev–Trinajstić information content (AvgIpc) is 2.93. The van der Waals surface area contributed by atoms with Gasteiger partial charge in [-0.25, -0.2) is 4.79 Å². The second-order valence-electron chi connectivity index (χ2n) is 16.5. The van der Waals surface area contributed by atoms with Crippen molar-refractivity contribution in [3.63, 3.8) is 0 Å². The minimum Gasteiger partial charge on any atom is -0.456 e. The van der Waals surface area contributed by atoms with Gasteiger partial charge in [0.1, 0.15) is 12.2 Å². The molecule has 7 heteroatoms. The van der Waals surface area contributed by atoms with E-state index in [4.69, 9.17) is 4.74 Å². The highest BCUT2D eigenvalue weighted by molar-refractivity contribution is 5.87. The minimum atomic E-state index is -1.23. The lowest BCUT2D eigenvalue weighted by Crippen LogP contribution is -2.72. The zero-order valence-electron chi connectivity index (χ0n) is 27.1. The first-order chi connectivity index (χ1) is 19.4. The van der Waals surface area contributed by atoms with Gasteiger partial charge >= 0.3 is 5.97 Å². The number of rotatable bonds is 4. The topological polar surface area (TPSA) is 127 Å². The van der Waals surface area contributed by atoms with E-state index in [0.29, 0.717) is 30.8 Å². The van der Waals surface area contributed by atoms with Crippen LogP contribution in [0.15, 0.2) is 23.3 Å². The van der Waals surface area contributed by atoms with Crippen molar-refractivity contribution in [2.24, 2.45) is 50.2 Å². The fourth-order valence-corrected chi connectivity index (χ4v) is 11.5. The smallest absolute Gasteiger partial charge is 0.333 e. The van der Waals surface area contributed by atoms with Crippen molar-refractivity contribution >= 4 is 5.97 Å². The summed E-state index contributed by atoms with van der Waals surface area (Å²) in [5.41, 5.74) is -1.25. The van der Waals surface area contributed by atoms with Gasteiger partial charge in [0.25, 0.3) is 0 Å². The molecular weight excluding hydrogens is 532 g/mol. The maximum absolute atomic E-state index is 12.9. The zero-order valence-corrected chi connectivity index (χ0v) is 27.1. The number of carbonyl (C=O) groups is 1. The zero-order chi connectivity index (χ0) is 31.3. The third-order valence-corrected chi connectivity index (χ3v) is 14.5. The van der Waals surface area contributed by atoms with Crippen LogP contribution in [0.25, 0.3) is 0 Å². The van der Waals surface area contributed by atoms with Crippen molar-refractivity contribution < 1.29 is 35.1 Å². The Kier molecular flexibility index (Phi) is 7.76. The molecule has 4 fully saturated rings. The number of aliphatic hydroxyl groups excluding tert-OH is 5. The van der Waals surface area contributed by atoms with E-state index in [1.54, 1.807) is 19.9 Å². The molecule has 12 atom stereocenters.